The Labute approximate surface area is 315 Å². The van der Waals surface area contributed by atoms with E-state index in [-0.39, 0.29) is 60.2 Å². The van der Waals surface area contributed by atoms with Gasteiger partial charge in [-0.25, -0.2) is 0 Å². The molecule has 1 aromatic heterocycles. The Morgan fingerprint density at radius 3 is 1.73 bits per heavy atom. The van der Waals surface area contributed by atoms with Gasteiger partial charge < -0.3 is 4.42 Å². The van der Waals surface area contributed by atoms with Gasteiger partial charge in [-0.05, 0) is 107 Å². The molecule has 0 aliphatic heterocycles. The van der Waals surface area contributed by atoms with Crippen molar-refractivity contribution in [3.63, 3.8) is 0 Å². The van der Waals surface area contributed by atoms with Gasteiger partial charge in [0.1, 0.15) is 11.2 Å². The van der Waals surface area contributed by atoms with Gasteiger partial charge in [0.25, 0.3) is 0 Å². The third kappa shape index (κ3) is 4.47. The minimum Gasteiger partial charge on any atom is -0.456 e. The molecule has 0 aliphatic rings. The Bertz CT molecular complexity index is 4050. The zero-order chi connectivity index (χ0) is 51.5. The van der Waals surface area contributed by atoms with Crippen molar-refractivity contribution in [1.82, 2.24) is 0 Å². The molecule has 0 atom stereocenters. The lowest BCUT2D eigenvalue weighted by Crippen LogP contribution is -1.91. The molecule has 0 amide bonds. The van der Waals surface area contributed by atoms with Crippen LogP contribution >= 0.6 is 0 Å². The van der Waals surface area contributed by atoms with E-state index in [1.54, 1.807) is 48.5 Å². The smallest absolute Gasteiger partial charge is 0.136 e. The fourth-order valence-electron chi connectivity index (χ4n) is 6.31. The molecule has 1 heterocycles. The monoisotopic (exact) mass is 644 g/mol. The van der Waals surface area contributed by atoms with Crippen molar-refractivity contribution < 1.29 is 34.6 Å². The van der Waals surface area contributed by atoms with Gasteiger partial charge in [-0.3, -0.25) is 0 Å². The molecule has 0 radical (unpaired) electrons. The number of benzene rings is 9. The van der Waals surface area contributed by atoms with Gasteiger partial charge in [-0.15, -0.1) is 0 Å². The summed E-state index contributed by atoms with van der Waals surface area (Å²) in [5.74, 6) is 0. The molecule has 49 heavy (non-hydrogen) atoms. The summed E-state index contributed by atoms with van der Waals surface area (Å²) < 4.78 is 202. The normalized spacial score (nSPS) is 18.0. The topological polar surface area (TPSA) is 13.1 Å². The van der Waals surface area contributed by atoms with Crippen molar-refractivity contribution in [3.8, 4) is 44.5 Å². The van der Waals surface area contributed by atoms with Crippen LogP contribution < -0.4 is 0 Å². The highest BCUT2D eigenvalue weighted by molar-refractivity contribution is 6.25. The van der Waals surface area contributed by atoms with E-state index in [2.05, 4.69) is 0 Å². The fraction of sp³-hybridized carbons (Fsp3) is 0. The summed E-state index contributed by atoms with van der Waals surface area (Å²) in [5, 5.41) is -0.250. The second-order valence-electron chi connectivity index (χ2n) is 11.1. The summed E-state index contributed by atoms with van der Waals surface area (Å²) in [7, 11) is 0. The fourth-order valence-corrected chi connectivity index (χ4v) is 6.31. The van der Waals surface area contributed by atoms with Crippen LogP contribution in [0.3, 0.4) is 0 Å². The maximum Gasteiger partial charge on any atom is 0.136 e. The van der Waals surface area contributed by atoms with E-state index in [9.17, 15) is 6.85 Å². The van der Waals surface area contributed by atoms with Crippen molar-refractivity contribution >= 4 is 54.3 Å². The third-order valence-corrected chi connectivity index (χ3v) is 8.38. The Morgan fingerprint density at radius 2 is 0.959 bits per heavy atom. The maximum atomic E-state index is 9.79. The van der Waals surface area contributed by atoms with E-state index >= 15 is 0 Å². The van der Waals surface area contributed by atoms with Crippen LogP contribution in [0.4, 0.5) is 0 Å². The first-order valence-corrected chi connectivity index (χ1v) is 15.1. The molecule has 1 nitrogen and oxygen atoms in total. The van der Waals surface area contributed by atoms with Crippen LogP contribution in [0.2, 0.25) is 0 Å². The average Bonchev–Trinajstić information content (AvgIpc) is 3.76. The summed E-state index contributed by atoms with van der Waals surface area (Å²) in [6.07, 6.45) is 0. The number of hydrogen-bond donors (Lipinski definition) is 0. The molecule has 0 unspecified atom stereocenters. The van der Waals surface area contributed by atoms with Crippen molar-refractivity contribution in [3.05, 3.63) is 181 Å². The molecule has 1 heteroatoms. The Kier molecular flexibility index (Phi) is 3.07. The number of fused-ring (bicyclic) bond motifs is 6. The second-order valence-corrected chi connectivity index (χ2v) is 11.1. The largest absolute Gasteiger partial charge is 0.456 e. The molecule has 0 bridgehead atoms. The van der Waals surface area contributed by atoms with Crippen LogP contribution in [0.5, 0.6) is 0 Å². The van der Waals surface area contributed by atoms with E-state index in [0.29, 0.717) is 0 Å². The van der Waals surface area contributed by atoms with E-state index < -0.39 is 172 Å². The highest BCUT2D eigenvalue weighted by Crippen LogP contribution is 2.47. The van der Waals surface area contributed by atoms with Crippen LogP contribution in [0, 0.1) is 0 Å². The Balaban J connectivity index is 1.37. The molecule has 0 saturated heterocycles. The molecular formula is C48H30O. The minimum absolute atomic E-state index is 0.113. The zero-order valence-electron chi connectivity index (χ0n) is 47.0. The average molecular weight is 645 g/mol. The van der Waals surface area contributed by atoms with Crippen LogP contribution in [0.1, 0.15) is 30.2 Å². The van der Waals surface area contributed by atoms with Crippen molar-refractivity contribution in [1.29, 1.82) is 0 Å². The third-order valence-electron chi connectivity index (χ3n) is 8.38. The predicted octanol–water partition coefficient (Wildman–Crippen LogP) is 13.7. The van der Waals surface area contributed by atoms with Gasteiger partial charge in [0.15, 0.2) is 0 Å². The van der Waals surface area contributed by atoms with Gasteiger partial charge in [-0.2, -0.15) is 0 Å². The number of rotatable bonds is 4. The van der Waals surface area contributed by atoms with Crippen LogP contribution in [0.25, 0.3) is 98.8 Å². The molecule has 228 valence electrons. The van der Waals surface area contributed by atoms with Crippen LogP contribution in [-0.2, 0) is 0 Å². The number of furan rings is 1. The van der Waals surface area contributed by atoms with Gasteiger partial charge >= 0.3 is 0 Å². The zero-order valence-corrected chi connectivity index (χ0v) is 25.0. The SMILES string of the molecule is [2H]c1c([2H])c([2H])c(-c2c([2H])c([2H])c3oc4c([2H])c([2H])c([2H])c(-c5c6ccccc6c(-c6c([2H])c([2H])c([2H])c(-c7c([2H])c([2H])c8c([2H])c([2H])c([2H])c([2H])c8c7[2H])c6[2H])c6ccccc56)c4c3c2[2H])c([2H])c1[2H]. The van der Waals surface area contributed by atoms with Crippen molar-refractivity contribution in [2.24, 2.45) is 0 Å². The van der Waals surface area contributed by atoms with Gasteiger partial charge in [0.05, 0.1) is 30.2 Å². The highest BCUT2D eigenvalue weighted by Gasteiger charge is 2.20. The summed E-state index contributed by atoms with van der Waals surface area (Å²) in [6.45, 7) is 0. The molecular weight excluding hydrogens is 593 g/mol. The van der Waals surface area contributed by atoms with Gasteiger partial charge in [0.2, 0.25) is 0 Å². The molecule has 0 spiro atoms. The summed E-state index contributed by atoms with van der Waals surface area (Å²) in [6, 6.07) is -2.38. The Morgan fingerprint density at radius 1 is 0.367 bits per heavy atom. The first-order chi connectivity index (χ1) is 33.5. The lowest BCUT2D eigenvalue weighted by molar-refractivity contribution is 0.669. The lowest BCUT2D eigenvalue weighted by Gasteiger charge is -2.18. The van der Waals surface area contributed by atoms with Gasteiger partial charge in [0, 0.05) is 10.8 Å². The van der Waals surface area contributed by atoms with E-state index in [1.807, 2.05) is 0 Å². The summed E-state index contributed by atoms with van der Waals surface area (Å²) in [5.41, 5.74) is -3.00. The molecule has 0 N–H and O–H groups in total. The van der Waals surface area contributed by atoms with Gasteiger partial charge in [-0.1, -0.05) is 151 Å². The molecule has 0 fully saturated rings. The lowest BCUT2D eigenvalue weighted by atomic mass is 9.84. The van der Waals surface area contributed by atoms with E-state index in [1.165, 1.54) is 0 Å². The minimum atomic E-state index is -0.763. The Hall–Kier alpha value is -6.44. The van der Waals surface area contributed by atoms with Crippen LogP contribution in [-0.4, -0.2) is 0 Å². The number of hydrogen-bond acceptors (Lipinski definition) is 1. The van der Waals surface area contributed by atoms with E-state index in [0.717, 1.165) is 0 Å². The first kappa shape index (κ1) is 13.6. The molecule has 0 saturated carbocycles. The van der Waals surface area contributed by atoms with Crippen molar-refractivity contribution in [2.75, 3.05) is 0 Å². The predicted molar refractivity (Wildman–Crippen MR) is 208 cm³/mol. The second kappa shape index (κ2) is 11.1. The maximum absolute atomic E-state index is 9.79. The standard InChI is InChI=1S/C48H30O/c1-2-12-31(13-3-1)36-26-27-44-43(30-36)48-42(22-11-23-45(48)49-44)47-40-20-8-6-18-38(40)46(39-19-7-9-21-41(39)47)37-17-10-16-34(29-37)35-25-24-32-14-4-5-15-33(32)28-35/h1-30H/i1D,2D,3D,4D,5D,10D,11D,12D,13D,14D,15D,16D,17D,22D,23D,24D,25D,26D,27D,28D,29D,30D. The van der Waals surface area contributed by atoms with Crippen LogP contribution in [0.15, 0.2) is 186 Å². The molecule has 10 rings (SSSR count). The summed E-state index contributed by atoms with van der Waals surface area (Å²) >= 11 is 0. The molecule has 10 aromatic rings. The quantitative estimate of drug-likeness (QED) is 0.174. The summed E-state index contributed by atoms with van der Waals surface area (Å²) in [4.78, 5) is 0. The molecule has 9 aromatic carbocycles. The first-order valence-electron chi connectivity index (χ1n) is 26.1. The van der Waals surface area contributed by atoms with Crippen molar-refractivity contribution in [2.45, 2.75) is 0 Å². The van der Waals surface area contributed by atoms with E-state index in [4.69, 9.17) is 27.7 Å². The molecule has 0 aliphatic carbocycles. The highest BCUT2D eigenvalue weighted by atomic mass is 16.3.